The molecule has 1 unspecified atom stereocenters. The summed E-state index contributed by atoms with van der Waals surface area (Å²) in [7, 11) is 0. The van der Waals surface area contributed by atoms with Gasteiger partial charge in [0.15, 0.2) is 0 Å². The van der Waals surface area contributed by atoms with Gasteiger partial charge in [0.25, 0.3) is 0 Å². The first-order valence-corrected chi connectivity index (χ1v) is 6.75. The van der Waals surface area contributed by atoms with Crippen LogP contribution in [0.5, 0.6) is 0 Å². The lowest BCUT2D eigenvalue weighted by Gasteiger charge is -2.29. The Morgan fingerprint density at radius 3 is 2.33 bits per heavy atom. The van der Waals surface area contributed by atoms with Crippen LogP contribution >= 0.6 is 0 Å². The summed E-state index contributed by atoms with van der Waals surface area (Å²) in [5, 5.41) is 10.0. The van der Waals surface area contributed by atoms with Crippen molar-refractivity contribution in [3.8, 4) is 0 Å². The highest BCUT2D eigenvalue weighted by molar-refractivity contribution is 4.74. The van der Waals surface area contributed by atoms with Crippen molar-refractivity contribution in [1.82, 2.24) is 4.90 Å². The van der Waals surface area contributed by atoms with Crippen LogP contribution in [0.2, 0.25) is 0 Å². The lowest BCUT2D eigenvalue weighted by Crippen LogP contribution is -2.37. The quantitative estimate of drug-likeness (QED) is 0.772. The number of aliphatic hydroxyl groups excluding tert-OH is 1. The standard InChI is InChI=1S/C13H25NO/c15-13(10-12-6-2-3-7-12)11-14-8-4-1-5-9-14/h12-13,15H,1-11H2. The van der Waals surface area contributed by atoms with Gasteiger partial charge < -0.3 is 10.0 Å². The number of hydrogen-bond donors (Lipinski definition) is 1. The Morgan fingerprint density at radius 1 is 1.00 bits per heavy atom. The SMILES string of the molecule is OC(CC1CCCC1)CN1CCCCC1. The molecule has 0 amide bonds. The van der Waals surface area contributed by atoms with Crippen molar-refractivity contribution in [3.63, 3.8) is 0 Å². The molecule has 1 saturated carbocycles. The van der Waals surface area contributed by atoms with E-state index in [9.17, 15) is 5.11 Å². The normalized spacial score (nSPS) is 27.0. The van der Waals surface area contributed by atoms with Crippen molar-refractivity contribution in [3.05, 3.63) is 0 Å². The molecule has 0 radical (unpaired) electrons. The van der Waals surface area contributed by atoms with Crippen LogP contribution in [0.4, 0.5) is 0 Å². The molecule has 88 valence electrons. The summed E-state index contributed by atoms with van der Waals surface area (Å²) < 4.78 is 0. The van der Waals surface area contributed by atoms with Crippen LogP contribution in [0.1, 0.15) is 51.4 Å². The number of aliphatic hydroxyl groups is 1. The second-order valence-electron chi connectivity index (χ2n) is 5.40. The van der Waals surface area contributed by atoms with Gasteiger partial charge in [-0.05, 0) is 38.3 Å². The van der Waals surface area contributed by atoms with Gasteiger partial charge in [-0.25, -0.2) is 0 Å². The largest absolute Gasteiger partial charge is 0.392 e. The van der Waals surface area contributed by atoms with Gasteiger partial charge in [0.2, 0.25) is 0 Å². The zero-order chi connectivity index (χ0) is 10.5. The van der Waals surface area contributed by atoms with Crippen molar-refractivity contribution >= 4 is 0 Å². The molecule has 0 spiro atoms. The molecule has 1 atom stereocenters. The van der Waals surface area contributed by atoms with Crippen LogP contribution in [0.3, 0.4) is 0 Å². The molecule has 0 aromatic carbocycles. The average molecular weight is 211 g/mol. The highest BCUT2D eigenvalue weighted by Gasteiger charge is 2.21. The fraction of sp³-hybridized carbons (Fsp3) is 1.00. The molecule has 0 aromatic rings. The molecule has 2 aliphatic rings. The summed E-state index contributed by atoms with van der Waals surface area (Å²) in [5.41, 5.74) is 0. The molecule has 1 aliphatic carbocycles. The van der Waals surface area contributed by atoms with E-state index < -0.39 is 0 Å². The van der Waals surface area contributed by atoms with E-state index in [1.807, 2.05) is 0 Å². The zero-order valence-electron chi connectivity index (χ0n) is 9.83. The van der Waals surface area contributed by atoms with E-state index in [1.54, 1.807) is 0 Å². The molecule has 2 rings (SSSR count). The molecular formula is C13H25NO. The van der Waals surface area contributed by atoms with Gasteiger partial charge in [0, 0.05) is 6.54 Å². The summed E-state index contributed by atoms with van der Waals surface area (Å²) in [4.78, 5) is 2.45. The van der Waals surface area contributed by atoms with Crippen molar-refractivity contribution in [2.45, 2.75) is 57.5 Å². The number of nitrogens with zero attached hydrogens (tertiary/aromatic N) is 1. The first kappa shape index (κ1) is 11.4. The van der Waals surface area contributed by atoms with Crippen molar-refractivity contribution < 1.29 is 5.11 Å². The van der Waals surface area contributed by atoms with Crippen molar-refractivity contribution in [2.24, 2.45) is 5.92 Å². The first-order chi connectivity index (χ1) is 7.34. The first-order valence-electron chi connectivity index (χ1n) is 6.75. The van der Waals surface area contributed by atoms with E-state index in [-0.39, 0.29) is 6.10 Å². The van der Waals surface area contributed by atoms with Crippen LogP contribution in [-0.4, -0.2) is 35.7 Å². The zero-order valence-corrected chi connectivity index (χ0v) is 9.83. The molecule has 1 N–H and O–H groups in total. The number of likely N-dealkylation sites (tertiary alicyclic amines) is 1. The van der Waals surface area contributed by atoms with Crippen LogP contribution in [0.25, 0.3) is 0 Å². The van der Waals surface area contributed by atoms with Crippen LogP contribution in [0, 0.1) is 5.92 Å². The Morgan fingerprint density at radius 2 is 1.67 bits per heavy atom. The second kappa shape index (κ2) is 5.86. The summed E-state index contributed by atoms with van der Waals surface area (Å²) >= 11 is 0. The third-order valence-corrected chi connectivity index (χ3v) is 4.00. The molecule has 1 saturated heterocycles. The van der Waals surface area contributed by atoms with Crippen molar-refractivity contribution in [1.29, 1.82) is 0 Å². The Hall–Kier alpha value is -0.0800. The molecule has 1 aliphatic heterocycles. The second-order valence-corrected chi connectivity index (χ2v) is 5.40. The minimum atomic E-state index is -0.0637. The van der Waals surface area contributed by atoms with Crippen molar-refractivity contribution in [2.75, 3.05) is 19.6 Å². The number of hydrogen-bond acceptors (Lipinski definition) is 2. The lowest BCUT2D eigenvalue weighted by atomic mass is 9.99. The van der Waals surface area contributed by atoms with Crippen LogP contribution in [0.15, 0.2) is 0 Å². The molecular weight excluding hydrogens is 186 g/mol. The maximum absolute atomic E-state index is 10.0. The molecule has 2 fully saturated rings. The maximum Gasteiger partial charge on any atom is 0.0669 e. The summed E-state index contributed by atoms with van der Waals surface area (Å²) in [5.74, 6) is 0.824. The van der Waals surface area contributed by atoms with Gasteiger partial charge in [0.05, 0.1) is 6.10 Å². The third-order valence-electron chi connectivity index (χ3n) is 4.00. The Kier molecular flexibility index (Phi) is 4.45. The molecule has 0 bridgehead atoms. The monoisotopic (exact) mass is 211 g/mol. The summed E-state index contributed by atoms with van der Waals surface area (Å²) in [6, 6.07) is 0. The number of piperidine rings is 1. The van der Waals surface area contributed by atoms with Gasteiger partial charge >= 0.3 is 0 Å². The topological polar surface area (TPSA) is 23.5 Å². The molecule has 2 heteroatoms. The van der Waals surface area contributed by atoms with Gasteiger partial charge in [0.1, 0.15) is 0 Å². The van der Waals surface area contributed by atoms with E-state index in [4.69, 9.17) is 0 Å². The maximum atomic E-state index is 10.0. The van der Waals surface area contributed by atoms with Crippen LogP contribution in [-0.2, 0) is 0 Å². The van der Waals surface area contributed by atoms with E-state index in [0.717, 1.165) is 18.9 Å². The van der Waals surface area contributed by atoms with E-state index in [1.165, 1.54) is 58.0 Å². The summed E-state index contributed by atoms with van der Waals surface area (Å²) in [6.45, 7) is 3.35. The number of rotatable bonds is 4. The predicted octanol–water partition coefficient (Wildman–Crippen LogP) is 2.41. The molecule has 1 heterocycles. The van der Waals surface area contributed by atoms with Gasteiger partial charge in [-0.15, -0.1) is 0 Å². The van der Waals surface area contributed by atoms with Gasteiger partial charge in [-0.3, -0.25) is 0 Å². The predicted molar refractivity (Wildman–Crippen MR) is 62.9 cm³/mol. The van der Waals surface area contributed by atoms with E-state index in [0.29, 0.717) is 0 Å². The minimum Gasteiger partial charge on any atom is -0.392 e. The summed E-state index contributed by atoms with van der Waals surface area (Å²) in [6.07, 6.45) is 10.5. The van der Waals surface area contributed by atoms with Gasteiger partial charge in [-0.2, -0.15) is 0 Å². The fourth-order valence-corrected chi connectivity index (χ4v) is 3.15. The van der Waals surface area contributed by atoms with Crippen LogP contribution < -0.4 is 0 Å². The molecule has 2 nitrogen and oxygen atoms in total. The highest BCUT2D eigenvalue weighted by Crippen LogP contribution is 2.28. The third kappa shape index (κ3) is 3.76. The Bertz CT molecular complexity index is 171. The molecule has 15 heavy (non-hydrogen) atoms. The van der Waals surface area contributed by atoms with E-state index in [2.05, 4.69) is 4.90 Å². The molecule has 0 aromatic heterocycles. The Balaban J connectivity index is 1.64. The van der Waals surface area contributed by atoms with Gasteiger partial charge in [-0.1, -0.05) is 32.1 Å². The highest BCUT2D eigenvalue weighted by atomic mass is 16.3. The average Bonchev–Trinajstić information content (AvgIpc) is 2.71. The van der Waals surface area contributed by atoms with E-state index >= 15 is 0 Å². The smallest absolute Gasteiger partial charge is 0.0669 e. The minimum absolute atomic E-state index is 0.0637. The Labute approximate surface area is 93.7 Å². The number of β-amino-alcohol motifs (C(OH)–C–C–N with tert-alkyl or cyclic N) is 1. The fourth-order valence-electron chi connectivity index (χ4n) is 3.15. The lowest BCUT2D eigenvalue weighted by molar-refractivity contribution is 0.0823.